The van der Waals surface area contributed by atoms with E-state index in [1.54, 1.807) is 0 Å². The van der Waals surface area contributed by atoms with Crippen LogP contribution in [0.5, 0.6) is 0 Å². The minimum absolute atomic E-state index is 1.00. The zero-order valence-electron chi connectivity index (χ0n) is 3.35. The van der Waals surface area contributed by atoms with E-state index in [1.807, 2.05) is 0 Å². The summed E-state index contributed by atoms with van der Waals surface area (Å²) in [5.41, 5.74) is 0. The van der Waals surface area contributed by atoms with Gasteiger partial charge in [0.1, 0.15) is 0 Å². The average molecular weight is 133 g/mol. The van der Waals surface area contributed by atoms with Crippen LogP contribution in [-0.2, 0) is 0 Å². The van der Waals surface area contributed by atoms with Crippen molar-refractivity contribution in [1.29, 1.82) is 0 Å². The number of hydrogen-bond acceptors (Lipinski definition) is 3. The molecule has 0 spiro atoms. The van der Waals surface area contributed by atoms with Crippen molar-refractivity contribution < 1.29 is 17.3 Å². The molecule has 0 aliphatic heterocycles. The molecule has 0 rings (SSSR count). The molecule has 0 aromatic carbocycles. The third kappa shape index (κ3) is 137. The SMILES string of the molecule is F[B-](F)(F)F.O=N[O-]. The maximum absolute atomic E-state index is 9.75. The molecule has 50 valence electrons. The van der Waals surface area contributed by atoms with E-state index in [2.05, 4.69) is 0 Å². The van der Waals surface area contributed by atoms with Crippen molar-refractivity contribution in [2.45, 2.75) is 0 Å². The van der Waals surface area contributed by atoms with Crippen molar-refractivity contribution in [1.82, 2.24) is 0 Å². The van der Waals surface area contributed by atoms with Gasteiger partial charge in [-0.3, -0.25) is 0 Å². The molecule has 0 fully saturated rings. The lowest BCUT2D eigenvalue weighted by atomic mass is 10.3. The summed E-state index contributed by atoms with van der Waals surface area (Å²) in [4.78, 5) is 8.00. The highest BCUT2D eigenvalue weighted by molar-refractivity contribution is 6.50. The summed E-state index contributed by atoms with van der Waals surface area (Å²) in [6, 6.07) is 0. The molecule has 0 aromatic heterocycles. The van der Waals surface area contributed by atoms with Gasteiger partial charge < -0.3 is 27.4 Å². The Bertz CT molecular complexity index is 53.5. The molecule has 0 atom stereocenters. The van der Waals surface area contributed by atoms with Gasteiger partial charge >= 0.3 is 7.25 Å². The largest absolute Gasteiger partial charge is 0.673 e. The fraction of sp³-hybridized carbons (Fsp3) is 0. The minimum Gasteiger partial charge on any atom is -0.444 e. The Morgan fingerprint density at radius 1 is 1.25 bits per heavy atom. The van der Waals surface area contributed by atoms with Gasteiger partial charge in [0, 0.05) is 0 Å². The molecule has 0 N–H and O–H groups in total. The Morgan fingerprint density at radius 3 is 1.25 bits per heavy atom. The van der Waals surface area contributed by atoms with Crippen molar-refractivity contribution in [3.8, 4) is 0 Å². The first kappa shape index (κ1) is 10.2. The maximum atomic E-state index is 9.75. The number of rotatable bonds is 0. The van der Waals surface area contributed by atoms with Crippen LogP contribution < -0.4 is 0 Å². The van der Waals surface area contributed by atoms with Crippen LogP contribution in [0.3, 0.4) is 0 Å². The first-order valence-electron chi connectivity index (χ1n) is 1.24. The van der Waals surface area contributed by atoms with Crippen molar-refractivity contribution in [3.05, 3.63) is 10.1 Å². The summed E-state index contributed by atoms with van der Waals surface area (Å²) < 4.78 is 39.0. The zero-order valence-corrected chi connectivity index (χ0v) is 3.35. The molecule has 0 aliphatic rings. The molecule has 0 bridgehead atoms. The summed E-state index contributed by atoms with van der Waals surface area (Å²) in [6.07, 6.45) is 0. The predicted molar refractivity (Wildman–Crippen MR) is 19.3 cm³/mol. The number of hydrogen-bond donors (Lipinski definition) is 0. The number of nitrogens with zero attached hydrogens (tertiary/aromatic N) is 1. The molecule has 0 unspecified atom stereocenters. The third-order valence-electron chi connectivity index (χ3n) is 0. The molecular formula is BF4NO2-2. The average Bonchev–Trinajstić information content (AvgIpc) is 1.27. The molecule has 8 heteroatoms. The van der Waals surface area contributed by atoms with Crippen LogP contribution in [0, 0.1) is 10.1 Å². The van der Waals surface area contributed by atoms with Crippen LogP contribution in [0.4, 0.5) is 17.3 Å². The third-order valence-corrected chi connectivity index (χ3v) is 0. The highest BCUT2D eigenvalue weighted by Gasteiger charge is 2.20. The quantitative estimate of drug-likeness (QED) is 0.218. The molecule has 0 amide bonds. The predicted octanol–water partition coefficient (Wildman–Crippen LogP) is 1.55. The second-order valence-corrected chi connectivity index (χ2v) is 0.569. The van der Waals surface area contributed by atoms with E-state index >= 15 is 0 Å². The molecule has 0 saturated heterocycles. The van der Waals surface area contributed by atoms with E-state index in [-0.39, 0.29) is 0 Å². The topological polar surface area (TPSA) is 52.5 Å². The van der Waals surface area contributed by atoms with E-state index in [0.717, 1.165) is 5.34 Å². The van der Waals surface area contributed by atoms with E-state index in [4.69, 9.17) is 10.1 Å². The first-order valence-corrected chi connectivity index (χ1v) is 1.24. The van der Waals surface area contributed by atoms with Crippen molar-refractivity contribution >= 4 is 7.25 Å². The van der Waals surface area contributed by atoms with Gasteiger partial charge in [-0.2, -0.15) is 0 Å². The minimum atomic E-state index is -6.00. The lowest BCUT2D eigenvalue weighted by Gasteiger charge is -1.94. The normalized spacial score (nSPS) is 9.00. The highest BCUT2D eigenvalue weighted by atomic mass is 19.5. The van der Waals surface area contributed by atoms with Gasteiger partial charge in [-0.25, -0.2) is 0 Å². The lowest BCUT2D eigenvalue weighted by molar-refractivity contribution is 0.368. The monoisotopic (exact) mass is 133 g/mol. The van der Waals surface area contributed by atoms with Gasteiger partial charge in [-0.15, -0.1) is 5.34 Å². The van der Waals surface area contributed by atoms with Gasteiger partial charge in [0.2, 0.25) is 0 Å². The van der Waals surface area contributed by atoms with Crippen molar-refractivity contribution in [2.24, 2.45) is 5.34 Å². The fourth-order valence-corrected chi connectivity index (χ4v) is 0. The second-order valence-electron chi connectivity index (χ2n) is 0.569. The van der Waals surface area contributed by atoms with E-state index in [0.29, 0.717) is 0 Å². The summed E-state index contributed by atoms with van der Waals surface area (Å²) in [7, 11) is -6.00. The standard InChI is InChI=1S/BF4.HNO2/c2-1(3,4)5;2-1-3/h;(H,2,3)/q-1;/p-1. The molecule has 0 radical (unpaired) electrons. The van der Waals surface area contributed by atoms with E-state index in [9.17, 15) is 17.3 Å². The maximum Gasteiger partial charge on any atom is 0.673 e. The van der Waals surface area contributed by atoms with Crippen LogP contribution in [0.25, 0.3) is 0 Å². The first-order chi connectivity index (χ1) is 3.41. The van der Waals surface area contributed by atoms with Gasteiger partial charge in [0.15, 0.2) is 0 Å². The van der Waals surface area contributed by atoms with Gasteiger partial charge in [-0.05, 0) is 0 Å². The van der Waals surface area contributed by atoms with Crippen LogP contribution in [-0.4, -0.2) is 7.25 Å². The zero-order chi connectivity index (χ0) is 7.21. The van der Waals surface area contributed by atoms with Crippen LogP contribution in [0.1, 0.15) is 0 Å². The second kappa shape index (κ2) is 4.35. The Balaban J connectivity index is 0. The molecule has 0 aromatic rings. The fourth-order valence-electron chi connectivity index (χ4n) is 0. The van der Waals surface area contributed by atoms with E-state index < -0.39 is 7.25 Å². The molecule has 8 heavy (non-hydrogen) atoms. The Morgan fingerprint density at radius 2 is 1.25 bits per heavy atom. The summed E-state index contributed by atoms with van der Waals surface area (Å²) >= 11 is 0. The number of halogens is 4. The van der Waals surface area contributed by atoms with Gasteiger partial charge in [-0.1, -0.05) is 0 Å². The molecule has 0 heterocycles. The summed E-state index contributed by atoms with van der Waals surface area (Å²) in [6.45, 7) is 0. The molecule has 0 saturated carbocycles. The molecular weight excluding hydrogens is 133 g/mol. The lowest BCUT2D eigenvalue weighted by Crippen LogP contribution is -2.02. The van der Waals surface area contributed by atoms with Crippen LogP contribution >= 0.6 is 0 Å². The molecule has 3 nitrogen and oxygen atoms in total. The smallest absolute Gasteiger partial charge is 0.444 e. The van der Waals surface area contributed by atoms with Crippen molar-refractivity contribution in [3.63, 3.8) is 0 Å². The van der Waals surface area contributed by atoms with Crippen LogP contribution in [0.15, 0.2) is 5.34 Å². The Kier molecular flexibility index (Phi) is 5.55. The Hall–Kier alpha value is -0.815. The van der Waals surface area contributed by atoms with Crippen LogP contribution in [0.2, 0.25) is 0 Å². The van der Waals surface area contributed by atoms with Crippen molar-refractivity contribution in [2.75, 3.05) is 0 Å². The highest BCUT2D eigenvalue weighted by Crippen LogP contribution is 2.06. The van der Waals surface area contributed by atoms with Gasteiger partial charge in [0.25, 0.3) is 0 Å². The van der Waals surface area contributed by atoms with E-state index in [1.165, 1.54) is 0 Å². The summed E-state index contributed by atoms with van der Waals surface area (Å²) in [5.74, 6) is 0. The molecule has 0 aliphatic carbocycles. The summed E-state index contributed by atoms with van der Waals surface area (Å²) in [5, 5.41) is 9.00. The Labute approximate surface area is 41.3 Å². The van der Waals surface area contributed by atoms with Gasteiger partial charge in [0.05, 0.1) is 0 Å².